The van der Waals surface area contributed by atoms with Crippen molar-refractivity contribution in [3.8, 4) is 55.6 Å². The van der Waals surface area contributed by atoms with Gasteiger partial charge in [0.25, 0.3) is 0 Å². The van der Waals surface area contributed by atoms with E-state index in [4.69, 9.17) is 0 Å². The van der Waals surface area contributed by atoms with Crippen LogP contribution in [0.1, 0.15) is 0 Å². The molecule has 64 heavy (non-hydrogen) atoms. The van der Waals surface area contributed by atoms with Crippen molar-refractivity contribution in [3.63, 3.8) is 0 Å². The molecule has 0 amide bonds. The highest BCUT2D eigenvalue weighted by Crippen LogP contribution is 2.46. The van der Waals surface area contributed by atoms with E-state index in [1.54, 1.807) is 0 Å². The van der Waals surface area contributed by atoms with Crippen LogP contribution in [0.2, 0.25) is 0 Å². The predicted octanol–water partition coefficient (Wildman–Crippen LogP) is 18.2. The second kappa shape index (κ2) is 16.0. The van der Waals surface area contributed by atoms with Crippen molar-refractivity contribution in [1.29, 1.82) is 0 Å². The van der Waals surface area contributed by atoms with Gasteiger partial charge in [0.2, 0.25) is 0 Å². The van der Waals surface area contributed by atoms with Crippen molar-refractivity contribution in [2.75, 3.05) is 4.90 Å². The van der Waals surface area contributed by atoms with Gasteiger partial charge in [0, 0.05) is 37.1 Å². The van der Waals surface area contributed by atoms with Gasteiger partial charge >= 0.3 is 0 Å². The van der Waals surface area contributed by atoms with Crippen LogP contribution in [0.3, 0.4) is 0 Å². The topological polar surface area (TPSA) is 3.24 Å². The van der Waals surface area contributed by atoms with Gasteiger partial charge in [-0.2, -0.15) is 0 Å². The average molecular weight is 832 g/mol. The van der Waals surface area contributed by atoms with Gasteiger partial charge in [-0.3, -0.25) is 0 Å². The number of hydrogen-bond acceptors (Lipinski definition) is 2. The molecule has 12 rings (SSSR count). The van der Waals surface area contributed by atoms with E-state index in [9.17, 15) is 0 Å². The smallest absolute Gasteiger partial charge is 0.0540 e. The van der Waals surface area contributed by atoms with Gasteiger partial charge in [-0.05, 0) is 114 Å². The standard InChI is InChI=1S/C62H41NS/c1-2-15-43(16-3-1)51-19-6-7-20-54(51)55-21-8-9-22-56(55)57-23-10-12-27-60(57)63(49-38-33-45(34-39-49)53-25-14-26-59-58-24-11-13-28-61(58)64-62(53)59)48-36-31-42(32-37-48)46-35-40-52-47(41-46)30-29-44-17-4-5-18-50(44)52/h1-41H. The summed E-state index contributed by atoms with van der Waals surface area (Å²) in [5.41, 5.74) is 15.3. The highest BCUT2D eigenvalue weighted by atomic mass is 32.1. The zero-order valence-electron chi connectivity index (χ0n) is 35.0. The maximum atomic E-state index is 2.43. The summed E-state index contributed by atoms with van der Waals surface area (Å²) in [4.78, 5) is 2.43. The molecule has 300 valence electrons. The molecule has 0 aliphatic carbocycles. The summed E-state index contributed by atoms with van der Waals surface area (Å²) in [6, 6.07) is 90.9. The summed E-state index contributed by atoms with van der Waals surface area (Å²) < 4.78 is 2.64. The molecule has 0 aliphatic rings. The number of hydrogen-bond donors (Lipinski definition) is 0. The van der Waals surface area contributed by atoms with Crippen LogP contribution in [0, 0.1) is 0 Å². The van der Waals surface area contributed by atoms with Crippen molar-refractivity contribution in [1.82, 2.24) is 0 Å². The fraction of sp³-hybridized carbons (Fsp3) is 0. The van der Waals surface area contributed by atoms with E-state index >= 15 is 0 Å². The van der Waals surface area contributed by atoms with Crippen molar-refractivity contribution < 1.29 is 0 Å². The van der Waals surface area contributed by atoms with Crippen LogP contribution in [-0.4, -0.2) is 0 Å². The van der Waals surface area contributed by atoms with Gasteiger partial charge in [-0.15, -0.1) is 11.3 Å². The first-order chi connectivity index (χ1) is 31.7. The fourth-order valence-corrected chi connectivity index (χ4v) is 10.9. The number of thiophene rings is 1. The van der Waals surface area contributed by atoms with E-state index in [1.165, 1.54) is 91.8 Å². The molecule has 0 spiro atoms. The molecule has 0 radical (unpaired) electrons. The summed E-state index contributed by atoms with van der Waals surface area (Å²) in [5, 5.41) is 7.70. The zero-order chi connectivity index (χ0) is 42.4. The Hall–Kier alpha value is -8.04. The Balaban J connectivity index is 0.995. The van der Waals surface area contributed by atoms with Crippen LogP contribution in [0.4, 0.5) is 17.1 Å². The molecule has 0 saturated heterocycles. The first kappa shape index (κ1) is 37.7. The summed E-state index contributed by atoms with van der Waals surface area (Å²) in [6.07, 6.45) is 0. The molecule has 1 heterocycles. The van der Waals surface area contributed by atoms with Gasteiger partial charge in [-0.1, -0.05) is 206 Å². The lowest BCUT2D eigenvalue weighted by molar-refractivity contribution is 1.28. The maximum absolute atomic E-state index is 2.43. The van der Waals surface area contributed by atoms with Crippen LogP contribution < -0.4 is 4.90 Å². The second-order valence-corrected chi connectivity index (χ2v) is 17.5. The number of fused-ring (bicyclic) bond motifs is 6. The quantitative estimate of drug-likeness (QED) is 0.138. The van der Waals surface area contributed by atoms with Crippen molar-refractivity contribution in [2.24, 2.45) is 0 Å². The summed E-state index contributed by atoms with van der Waals surface area (Å²) in [5.74, 6) is 0. The SMILES string of the molecule is c1ccc(-c2ccccc2-c2ccccc2-c2ccccc2N(c2ccc(-c3ccc4c(ccc5ccccc54)c3)cc2)c2ccc(-c3cccc4c3sc3ccccc34)cc2)cc1. The molecule has 0 fully saturated rings. The fourth-order valence-electron chi connectivity index (χ4n) is 9.62. The van der Waals surface area contributed by atoms with Gasteiger partial charge in [0.05, 0.1) is 5.69 Å². The van der Waals surface area contributed by atoms with E-state index in [2.05, 4.69) is 254 Å². The van der Waals surface area contributed by atoms with Crippen LogP contribution in [0.15, 0.2) is 249 Å². The Morgan fingerprint density at radius 2 is 0.766 bits per heavy atom. The van der Waals surface area contributed by atoms with Gasteiger partial charge in [-0.25, -0.2) is 0 Å². The minimum atomic E-state index is 1.09. The summed E-state index contributed by atoms with van der Waals surface area (Å²) in [6.45, 7) is 0. The van der Waals surface area contributed by atoms with E-state index in [0.29, 0.717) is 0 Å². The van der Waals surface area contributed by atoms with Gasteiger partial charge in [0.15, 0.2) is 0 Å². The average Bonchev–Trinajstić information content (AvgIpc) is 3.76. The molecule has 1 nitrogen and oxygen atoms in total. The monoisotopic (exact) mass is 831 g/mol. The van der Waals surface area contributed by atoms with Crippen molar-refractivity contribution in [2.45, 2.75) is 0 Å². The number of anilines is 3. The molecule has 2 heteroatoms. The lowest BCUT2D eigenvalue weighted by Crippen LogP contribution is -2.11. The third-order valence-corrected chi connectivity index (χ3v) is 13.9. The molecule has 0 unspecified atom stereocenters. The van der Waals surface area contributed by atoms with Crippen LogP contribution >= 0.6 is 11.3 Å². The third kappa shape index (κ3) is 6.64. The zero-order valence-corrected chi connectivity index (χ0v) is 35.8. The van der Waals surface area contributed by atoms with Crippen LogP contribution in [-0.2, 0) is 0 Å². The van der Waals surface area contributed by atoms with Gasteiger partial charge < -0.3 is 4.90 Å². The van der Waals surface area contributed by atoms with E-state index < -0.39 is 0 Å². The first-order valence-electron chi connectivity index (χ1n) is 21.9. The Kier molecular flexibility index (Phi) is 9.43. The van der Waals surface area contributed by atoms with Crippen LogP contribution in [0.25, 0.3) is 97.4 Å². The lowest BCUT2D eigenvalue weighted by Gasteiger charge is -2.29. The third-order valence-electron chi connectivity index (χ3n) is 12.7. The predicted molar refractivity (Wildman–Crippen MR) is 276 cm³/mol. The molecule has 11 aromatic carbocycles. The Morgan fingerprint density at radius 1 is 0.266 bits per heavy atom. The normalized spacial score (nSPS) is 11.4. The van der Waals surface area contributed by atoms with E-state index in [-0.39, 0.29) is 0 Å². The molecule has 0 bridgehead atoms. The Morgan fingerprint density at radius 3 is 1.53 bits per heavy atom. The summed E-state index contributed by atoms with van der Waals surface area (Å²) in [7, 11) is 0. The minimum absolute atomic E-state index is 1.09. The Bertz CT molecular complexity index is 3660. The Labute approximate surface area is 377 Å². The summed E-state index contributed by atoms with van der Waals surface area (Å²) >= 11 is 1.88. The number of nitrogens with zero attached hydrogens (tertiary/aromatic N) is 1. The number of benzene rings is 11. The molecule has 0 N–H and O–H groups in total. The van der Waals surface area contributed by atoms with E-state index in [1.807, 2.05) is 11.3 Å². The van der Waals surface area contributed by atoms with Crippen molar-refractivity contribution in [3.05, 3.63) is 249 Å². The highest BCUT2D eigenvalue weighted by Gasteiger charge is 2.21. The molecule has 1 aromatic heterocycles. The van der Waals surface area contributed by atoms with E-state index in [0.717, 1.165) is 22.6 Å². The molecule has 0 saturated carbocycles. The lowest BCUT2D eigenvalue weighted by atomic mass is 9.88. The van der Waals surface area contributed by atoms with Crippen molar-refractivity contribution >= 4 is 70.1 Å². The minimum Gasteiger partial charge on any atom is -0.310 e. The molecular formula is C62H41NS. The first-order valence-corrected chi connectivity index (χ1v) is 22.7. The number of para-hydroxylation sites is 1. The largest absolute Gasteiger partial charge is 0.310 e. The molecular weight excluding hydrogens is 791 g/mol. The highest BCUT2D eigenvalue weighted by molar-refractivity contribution is 7.26. The van der Waals surface area contributed by atoms with Crippen LogP contribution in [0.5, 0.6) is 0 Å². The molecule has 12 aromatic rings. The van der Waals surface area contributed by atoms with Gasteiger partial charge in [0.1, 0.15) is 0 Å². The maximum Gasteiger partial charge on any atom is 0.0540 e. The molecule has 0 aliphatic heterocycles. The number of rotatable bonds is 8. The second-order valence-electron chi connectivity index (χ2n) is 16.4. The molecule has 0 atom stereocenters.